The Morgan fingerprint density at radius 3 is 2.76 bits per heavy atom. The molecule has 1 saturated heterocycles. The van der Waals surface area contributed by atoms with Gasteiger partial charge in [-0.15, -0.1) is 10.2 Å². The Labute approximate surface area is 152 Å². The number of amides is 3. The molecule has 1 aromatic heterocycles. The van der Waals surface area contributed by atoms with Gasteiger partial charge in [-0.25, -0.2) is 4.79 Å². The number of anilines is 1. The van der Waals surface area contributed by atoms with E-state index in [1.54, 1.807) is 4.90 Å². The summed E-state index contributed by atoms with van der Waals surface area (Å²) in [5.74, 6) is 0.466. The number of aromatic nitrogens is 2. The highest BCUT2D eigenvalue weighted by Crippen LogP contribution is 2.42. The van der Waals surface area contributed by atoms with Crippen LogP contribution in [0.5, 0.6) is 0 Å². The van der Waals surface area contributed by atoms with E-state index in [4.69, 9.17) is 0 Å². The van der Waals surface area contributed by atoms with E-state index in [0.717, 1.165) is 30.7 Å². The third kappa shape index (κ3) is 4.68. The third-order valence-corrected chi connectivity index (χ3v) is 5.93. The zero-order valence-electron chi connectivity index (χ0n) is 15.0. The quantitative estimate of drug-likeness (QED) is 0.759. The maximum atomic E-state index is 12.6. The van der Waals surface area contributed by atoms with Crippen LogP contribution in [-0.4, -0.2) is 46.2 Å². The summed E-state index contributed by atoms with van der Waals surface area (Å²) in [6.45, 7) is 5.30. The first-order chi connectivity index (χ1) is 12.1. The highest BCUT2D eigenvalue weighted by atomic mass is 32.1. The van der Waals surface area contributed by atoms with Crippen molar-refractivity contribution in [2.24, 2.45) is 5.92 Å². The third-order valence-electron chi connectivity index (χ3n) is 4.92. The number of carbonyl (C=O) groups is 2. The lowest BCUT2D eigenvalue weighted by Crippen LogP contribution is -2.50. The Hall–Kier alpha value is -1.70. The number of rotatable bonds is 6. The van der Waals surface area contributed by atoms with Crippen LogP contribution >= 0.6 is 11.3 Å². The van der Waals surface area contributed by atoms with E-state index in [-0.39, 0.29) is 23.9 Å². The monoisotopic (exact) mass is 365 g/mol. The molecule has 0 unspecified atom stereocenters. The molecule has 7 nitrogen and oxygen atoms in total. The lowest BCUT2D eigenvalue weighted by Gasteiger charge is -2.37. The summed E-state index contributed by atoms with van der Waals surface area (Å²) in [7, 11) is 0. The number of carbonyl (C=O) groups excluding carboxylic acids is 2. The molecule has 1 aromatic rings. The van der Waals surface area contributed by atoms with Gasteiger partial charge in [0.05, 0.1) is 5.92 Å². The average Bonchev–Trinajstić information content (AvgIpc) is 3.35. The highest BCUT2D eigenvalue weighted by molar-refractivity contribution is 7.15. The smallest absolute Gasteiger partial charge is 0.323 e. The minimum absolute atomic E-state index is 0.0603. The molecule has 0 bridgehead atoms. The van der Waals surface area contributed by atoms with Crippen molar-refractivity contribution in [3.05, 3.63) is 5.01 Å². The van der Waals surface area contributed by atoms with Gasteiger partial charge in [-0.1, -0.05) is 24.7 Å². The molecule has 25 heavy (non-hydrogen) atoms. The van der Waals surface area contributed by atoms with Crippen LogP contribution in [0.2, 0.25) is 0 Å². The first-order valence-corrected chi connectivity index (χ1v) is 10.1. The van der Waals surface area contributed by atoms with Crippen LogP contribution < -0.4 is 10.6 Å². The van der Waals surface area contributed by atoms with Crippen molar-refractivity contribution in [3.8, 4) is 0 Å². The minimum Gasteiger partial charge on any atom is -0.356 e. The maximum absolute atomic E-state index is 12.6. The van der Waals surface area contributed by atoms with Crippen LogP contribution in [0.4, 0.5) is 9.93 Å². The van der Waals surface area contributed by atoms with Gasteiger partial charge in [-0.05, 0) is 39.0 Å². The summed E-state index contributed by atoms with van der Waals surface area (Å²) in [6, 6.07) is -0.0624. The van der Waals surface area contributed by atoms with Gasteiger partial charge in [0.1, 0.15) is 5.01 Å². The molecule has 2 fully saturated rings. The fourth-order valence-electron chi connectivity index (χ4n) is 3.08. The van der Waals surface area contributed by atoms with Gasteiger partial charge in [0.2, 0.25) is 11.0 Å². The van der Waals surface area contributed by atoms with E-state index in [9.17, 15) is 9.59 Å². The Bertz CT molecular complexity index is 616. The fraction of sp³-hybridized carbons (Fsp3) is 0.765. The number of likely N-dealkylation sites (tertiary alicyclic amines) is 1. The van der Waals surface area contributed by atoms with Crippen LogP contribution in [0.1, 0.15) is 63.3 Å². The maximum Gasteiger partial charge on any atom is 0.323 e. The fourth-order valence-corrected chi connectivity index (χ4v) is 3.98. The van der Waals surface area contributed by atoms with Crippen LogP contribution in [0.25, 0.3) is 0 Å². The lowest BCUT2D eigenvalue weighted by atomic mass is 9.93. The lowest BCUT2D eigenvalue weighted by molar-refractivity contribution is -0.126. The van der Waals surface area contributed by atoms with Gasteiger partial charge in [0.15, 0.2) is 0 Å². The van der Waals surface area contributed by atoms with Gasteiger partial charge < -0.3 is 10.2 Å². The molecule has 0 spiro atoms. The van der Waals surface area contributed by atoms with Crippen molar-refractivity contribution < 1.29 is 9.59 Å². The average molecular weight is 366 g/mol. The van der Waals surface area contributed by atoms with Crippen molar-refractivity contribution in [2.45, 2.75) is 64.3 Å². The highest BCUT2D eigenvalue weighted by Gasteiger charge is 2.33. The zero-order chi connectivity index (χ0) is 17.8. The second kappa shape index (κ2) is 8.12. The molecule has 1 aliphatic heterocycles. The predicted molar refractivity (Wildman–Crippen MR) is 97.7 cm³/mol. The van der Waals surface area contributed by atoms with Crippen molar-refractivity contribution in [1.29, 1.82) is 0 Å². The normalized spacial score (nSPS) is 23.4. The molecule has 1 aliphatic carbocycles. The Morgan fingerprint density at radius 1 is 1.24 bits per heavy atom. The van der Waals surface area contributed by atoms with Crippen molar-refractivity contribution in [2.75, 3.05) is 18.4 Å². The molecular weight excluding hydrogens is 338 g/mol. The minimum atomic E-state index is -0.183. The molecule has 138 valence electrons. The Kier molecular flexibility index (Phi) is 5.88. The summed E-state index contributed by atoms with van der Waals surface area (Å²) in [6.07, 6.45) is 6.04. The molecule has 2 N–H and O–H groups in total. The van der Waals surface area contributed by atoms with E-state index in [0.29, 0.717) is 24.1 Å². The summed E-state index contributed by atoms with van der Waals surface area (Å²) in [4.78, 5) is 26.7. The molecule has 3 rings (SSSR count). The molecule has 8 heteroatoms. The summed E-state index contributed by atoms with van der Waals surface area (Å²) >= 11 is 1.46. The standard InChI is InChI=1S/C17H27N5O2S/c1-3-4-9-18-14(23)13-6-5-11(2)22(10-13)17(24)19-16-21-20-15(25-16)12-7-8-12/h11-13H,3-10H2,1-2H3,(H,18,23)(H,19,21,24)/t11-,13+/m1/s1. The Balaban J connectivity index is 1.54. The Morgan fingerprint density at radius 2 is 2.04 bits per heavy atom. The second-order valence-electron chi connectivity index (χ2n) is 7.07. The van der Waals surface area contributed by atoms with Crippen LogP contribution in [0.15, 0.2) is 0 Å². The first-order valence-electron chi connectivity index (χ1n) is 9.27. The predicted octanol–water partition coefficient (Wildman–Crippen LogP) is 2.96. The summed E-state index contributed by atoms with van der Waals surface area (Å²) in [5, 5.41) is 15.6. The number of unbranched alkanes of at least 4 members (excludes halogenated alkanes) is 1. The number of hydrogen-bond donors (Lipinski definition) is 2. The van der Waals surface area contributed by atoms with Gasteiger partial charge in [-0.3, -0.25) is 10.1 Å². The molecule has 0 radical (unpaired) electrons. The summed E-state index contributed by atoms with van der Waals surface area (Å²) in [5.41, 5.74) is 0. The van der Waals surface area contributed by atoms with Gasteiger partial charge in [0, 0.05) is 25.0 Å². The van der Waals surface area contributed by atoms with E-state index in [1.165, 1.54) is 24.2 Å². The number of piperidine rings is 1. The molecule has 2 heterocycles. The number of urea groups is 1. The molecule has 2 aliphatic rings. The largest absolute Gasteiger partial charge is 0.356 e. The molecule has 3 amide bonds. The number of nitrogens with one attached hydrogen (secondary N) is 2. The molecule has 0 aromatic carbocycles. The molecular formula is C17H27N5O2S. The van der Waals surface area contributed by atoms with E-state index in [2.05, 4.69) is 27.8 Å². The van der Waals surface area contributed by atoms with Crippen LogP contribution in [-0.2, 0) is 4.79 Å². The van der Waals surface area contributed by atoms with Gasteiger partial charge in [0.25, 0.3) is 0 Å². The summed E-state index contributed by atoms with van der Waals surface area (Å²) < 4.78 is 0. The van der Waals surface area contributed by atoms with Crippen molar-refractivity contribution in [1.82, 2.24) is 20.4 Å². The van der Waals surface area contributed by atoms with Crippen LogP contribution in [0, 0.1) is 5.92 Å². The molecule has 1 saturated carbocycles. The molecule has 2 atom stereocenters. The van der Waals surface area contributed by atoms with Crippen molar-refractivity contribution >= 4 is 28.4 Å². The van der Waals surface area contributed by atoms with Gasteiger partial charge >= 0.3 is 6.03 Å². The number of hydrogen-bond acceptors (Lipinski definition) is 5. The topological polar surface area (TPSA) is 87.2 Å². The second-order valence-corrected chi connectivity index (χ2v) is 8.08. The zero-order valence-corrected chi connectivity index (χ0v) is 15.8. The SMILES string of the molecule is CCCCNC(=O)[C@H]1CC[C@@H](C)N(C(=O)Nc2nnc(C3CC3)s2)C1. The van der Waals surface area contributed by atoms with E-state index < -0.39 is 0 Å². The van der Waals surface area contributed by atoms with Crippen LogP contribution in [0.3, 0.4) is 0 Å². The number of nitrogens with zero attached hydrogens (tertiary/aromatic N) is 3. The van der Waals surface area contributed by atoms with Crippen molar-refractivity contribution in [3.63, 3.8) is 0 Å². The van der Waals surface area contributed by atoms with E-state index >= 15 is 0 Å². The first kappa shape index (κ1) is 18.1. The van der Waals surface area contributed by atoms with E-state index in [1.807, 2.05) is 6.92 Å². The van der Waals surface area contributed by atoms with Gasteiger partial charge in [-0.2, -0.15) is 0 Å².